The summed E-state index contributed by atoms with van der Waals surface area (Å²) in [7, 11) is 1.64. The average molecular weight is 313 g/mol. The second-order valence-corrected chi connectivity index (χ2v) is 6.24. The molecule has 0 fully saturated rings. The minimum Gasteiger partial charge on any atom is -0.397 e. The molecule has 108 valence electrons. The highest BCUT2D eigenvalue weighted by Gasteiger charge is 2.16. The first-order chi connectivity index (χ1) is 9.52. The summed E-state index contributed by atoms with van der Waals surface area (Å²) in [6, 6.07) is 5.44. The summed E-state index contributed by atoms with van der Waals surface area (Å²) in [6.45, 7) is 3.18. The van der Waals surface area contributed by atoms with Crippen molar-refractivity contribution >= 4 is 44.6 Å². The number of benzene rings is 1. The van der Waals surface area contributed by atoms with Gasteiger partial charge in [0.05, 0.1) is 12.3 Å². The Kier molecular flexibility index (Phi) is 4.86. The summed E-state index contributed by atoms with van der Waals surface area (Å²) in [5, 5.41) is 4.39. The number of halogens is 1. The van der Waals surface area contributed by atoms with Crippen LogP contribution in [0.15, 0.2) is 18.2 Å². The van der Waals surface area contributed by atoms with Gasteiger partial charge in [0.2, 0.25) is 0 Å². The molecule has 0 spiro atoms. The molecule has 2 rings (SSSR count). The minimum absolute atomic E-state index is 0.150. The molecule has 1 aromatic carbocycles. The molecule has 1 heterocycles. The van der Waals surface area contributed by atoms with Gasteiger partial charge in [0.1, 0.15) is 4.88 Å². The Labute approximate surface area is 126 Å². The number of carbonyl (C=O) groups is 1. The topological polar surface area (TPSA) is 64.3 Å². The first-order valence-corrected chi connectivity index (χ1v) is 7.47. The Bertz CT molecular complexity index is 627. The fourth-order valence-corrected chi connectivity index (χ4v) is 3.27. The van der Waals surface area contributed by atoms with Crippen LogP contribution in [0.5, 0.6) is 0 Å². The molecular formula is C14H17ClN2O2S. The SMILES string of the molecule is COCC(C)CNC(=O)c1sc2cc(Cl)ccc2c1N. The lowest BCUT2D eigenvalue weighted by Crippen LogP contribution is -2.29. The Hall–Kier alpha value is -1.30. The molecule has 0 saturated carbocycles. The van der Waals surface area contributed by atoms with Crippen LogP contribution in [0.4, 0.5) is 5.69 Å². The van der Waals surface area contributed by atoms with Gasteiger partial charge in [0.15, 0.2) is 0 Å². The molecule has 1 amide bonds. The third-order valence-corrected chi connectivity index (χ3v) is 4.36. The molecule has 6 heteroatoms. The molecule has 20 heavy (non-hydrogen) atoms. The number of nitrogens with one attached hydrogen (secondary N) is 1. The number of fused-ring (bicyclic) bond motifs is 1. The van der Waals surface area contributed by atoms with Crippen LogP contribution in [-0.4, -0.2) is 26.2 Å². The van der Waals surface area contributed by atoms with Crippen molar-refractivity contribution in [2.45, 2.75) is 6.92 Å². The van der Waals surface area contributed by atoms with Crippen molar-refractivity contribution in [1.29, 1.82) is 0 Å². The maximum Gasteiger partial charge on any atom is 0.263 e. The van der Waals surface area contributed by atoms with Crippen molar-refractivity contribution < 1.29 is 9.53 Å². The van der Waals surface area contributed by atoms with Crippen molar-refractivity contribution in [3.8, 4) is 0 Å². The molecule has 0 bridgehead atoms. The van der Waals surface area contributed by atoms with Gasteiger partial charge in [-0.3, -0.25) is 4.79 Å². The highest BCUT2D eigenvalue weighted by atomic mass is 35.5. The molecule has 0 aliphatic carbocycles. The van der Waals surface area contributed by atoms with Crippen molar-refractivity contribution in [2.75, 3.05) is 26.0 Å². The van der Waals surface area contributed by atoms with E-state index in [9.17, 15) is 4.79 Å². The lowest BCUT2D eigenvalue weighted by molar-refractivity contribution is 0.0939. The molecule has 1 aromatic heterocycles. The van der Waals surface area contributed by atoms with Crippen LogP contribution in [-0.2, 0) is 4.74 Å². The smallest absolute Gasteiger partial charge is 0.263 e. The zero-order valence-corrected chi connectivity index (χ0v) is 13.0. The molecule has 3 N–H and O–H groups in total. The van der Waals surface area contributed by atoms with Gasteiger partial charge in [-0.25, -0.2) is 0 Å². The van der Waals surface area contributed by atoms with E-state index in [2.05, 4.69) is 5.32 Å². The van der Waals surface area contributed by atoms with Gasteiger partial charge in [-0.05, 0) is 24.1 Å². The number of nitrogens with two attached hydrogens (primary N) is 1. The van der Waals surface area contributed by atoms with Crippen LogP contribution >= 0.6 is 22.9 Å². The van der Waals surface area contributed by atoms with Crippen molar-refractivity contribution in [3.63, 3.8) is 0 Å². The summed E-state index contributed by atoms with van der Waals surface area (Å²) < 4.78 is 5.96. The first kappa shape index (κ1) is 15.1. The molecule has 0 saturated heterocycles. The number of methoxy groups -OCH3 is 1. The molecule has 0 aliphatic rings. The van der Waals surface area contributed by atoms with Gasteiger partial charge in [0, 0.05) is 28.8 Å². The fourth-order valence-electron chi connectivity index (χ4n) is 1.95. The van der Waals surface area contributed by atoms with E-state index in [1.807, 2.05) is 19.1 Å². The van der Waals surface area contributed by atoms with Gasteiger partial charge < -0.3 is 15.8 Å². The number of hydrogen-bond donors (Lipinski definition) is 2. The van der Waals surface area contributed by atoms with Gasteiger partial charge in [-0.1, -0.05) is 18.5 Å². The molecule has 1 unspecified atom stereocenters. The maximum absolute atomic E-state index is 12.2. The van der Waals surface area contributed by atoms with Crippen LogP contribution in [0.3, 0.4) is 0 Å². The molecular weight excluding hydrogens is 296 g/mol. The maximum atomic E-state index is 12.2. The van der Waals surface area contributed by atoms with E-state index in [0.717, 1.165) is 10.1 Å². The zero-order chi connectivity index (χ0) is 14.7. The fraction of sp³-hybridized carbons (Fsp3) is 0.357. The van der Waals surface area contributed by atoms with E-state index >= 15 is 0 Å². The minimum atomic E-state index is -0.150. The average Bonchev–Trinajstić information content (AvgIpc) is 2.73. The van der Waals surface area contributed by atoms with Gasteiger partial charge in [0.25, 0.3) is 5.91 Å². The van der Waals surface area contributed by atoms with Crippen LogP contribution in [0.1, 0.15) is 16.6 Å². The van der Waals surface area contributed by atoms with Crippen molar-refractivity contribution in [1.82, 2.24) is 5.32 Å². The number of ether oxygens (including phenoxy) is 1. The number of rotatable bonds is 5. The Morgan fingerprint density at radius 1 is 1.55 bits per heavy atom. The van der Waals surface area contributed by atoms with Crippen LogP contribution in [0.2, 0.25) is 5.02 Å². The Balaban J connectivity index is 2.16. The summed E-state index contributed by atoms with van der Waals surface area (Å²) in [5.41, 5.74) is 6.55. The molecule has 2 aromatic rings. The van der Waals surface area contributed by atoms with Gasteiger partial charge in [-0.15, -0.1) is 11.3 Å². The predicted octanol–water partition coefficient (Wildman–Crippen LogP) is 3.15. The third-order valence-electron chi connectivity index (χ3n) is 2.96. The first-order valence-electron chi connectivity index (χ1n) is 6.27. The largest absolute Gasteiger partial charge is 0.397 e. The number of nitrogen functional groups attached to an aromatic ring is 1. The normalized spacial score (nSPS) is 12.6. The van der Waals surface area contributed by atoms with Crippen molar-refractivity contribution in [3.05, 3.63) is 28.1 Å². The Morgan fingerprint density at radius 2 is 2.30 bits per heavy atom. The number of thiophene rings is 1. The van der Waals surface area contributed by atoms with E-state index in [-0.39, 0.29) is 11.8 Å². The highest BCUT2D eigenvalue weighted by molar-refractivity contribution is 7.21. The quantitative estimate of drug-likeness (QED) is 0.891. The summed E-state index contributed by atoms with van der Waals surface area (Å²) in [6.07, 6.45) is 0. The van der Waals surface area contributed by atoms with E-state index in [1.165, 1.54) is 11.3 Å². The number of anilines is 1. The van der Waals surface area contributed by atoms with E-state index in [0.29, 0.717) is 28.7 Å². The summed E-state index contributed by atoms with van der Waals surface area (Å²) >= 11 is 7.31. The Morgan fingerprint density at radius 3 is 3.00 bits per heavy atom. The third kappa shape index (κ3) is 3.23. The molecule has 4 nitrogen and oxygen atoms in total. The lowest BCUT2D eigenvalue weighted by atomic mass is 10.2. The van der Waals surface area contributed by atoms with Crippen LogP contribution < -0.4 is 11.1 Å². The number of hydrogen-bond acceptors (Lipinski definition) is 4. The zero-order valence-electron chi connectivity index (χ0n) is 11.4. The summed E-state index contributed by atoms with van der Waals surface area (Å²) in [5.74, 6) is 0.108. The van der Waals surface area contributed by atoms with Crippen LogP contribution in [0, 0.1) is 5.92 Å². The van der Waals surface area contributed by atoms with Gasteiger partial charge in [-0.2, -0.15) is 0 Å². The predicted molar refractivity (Wildman–Crippen MR) is 84.6 cm³/mol. The monoisotopic (exact) mass is 312 g/mol. The second-order valence-electron chi connectivity index (χ2n) is 4.76. The van der Waals surface area contributed by atoms with E-state index < -0.39 is 0 Å². The summed E-state index contributed by atoms with van der Waals surface area (Å²) in [4.78, 5) is 12.7. The lowest BCUT2D eigenvalue weighted by Gasteiger charge is -2.10. The van der Waals surface area contributed by atoms with E-state index in [4.69, 9.17) is 22.1 Å². The molecule has 0 radical (unpaired) electrons. The number of carbonyl (C=O) groups excluding carboxylic acids is 1. The van der Waals surface area contributed by atoms with E-state index in [1.54, 1.807) is 13.2 Å². The van der Waals surface area contributed by atoms with Crippen LogP contribution in [0.25, 0.3) is 10.1 Å². The second kappa shape index (κ2) is 6.43. The highest BCUT2D eigenvalue weighted by Crippen LogP contribution is 2.35. The van der Waals surface area contributed by atoms with Gasteiger partial charge >= 0.3 is 0 Å². The van der Waals surface area contributed by atoms with Crippen molar-refractivity contribution in [2.24, 2.45) is 5.92 Å². The number of amides is 1. The standard InChI is InChI=1S/C14H17ClN2O2S/c1-8(7-19-2)6-17-14(18)13-12(16)10-4-3-9(15)5-11(10)20-13/h3-5,8H,6-7,16H2,1-2H3,(H,17,18). The molecule has 1 atom stereocenters. The molecule has 0 aliphatic heterocycles.